The van der Waals surface area contributed by atoms with Crippen LogP contribution in [0.4, 0.5) is 5.69 Å². The van der Waals surface area contributed by atoms with Crippen molar-refractivity contribution >= 4 is 29.2 Å². The van der Waals surface area contributed by atoms with E-state index in [1.54, 1.807) is 24.3 Å². The monoisotopic (exact) mass is 393 g/mol. The molecule has 0 bridgehead atoms. The van der Waals surface area contributed by atoms with E-state index in [9.17, 15) is 9.59 Å². The number of carbonyl (C=O) groups excluding carboxylic acids is 2. The highest BCUT2D eigenvalue weighted by Gasteiger charge is 2.32. The molecule has 0 fully saturated rings. The summed E-state index contributed by atoms with van der Waals surface area (Å²) in [6.07, 6.45) is 0. The molecule has 2 heterocycles. The van der Waals surface area contributed by atoms with Crippen molar-refractivity contribution in [2.75, 3.05) is 32.5 Å². The molecule has 27 heavy (non-hydrogen) atoms. The quantitative estimate of drug-likeness (QED) is 0.556. The van der Waals surface area contributed by atoms with E-state index in [0.717, 1.165) is 0 Å². The molecule has 0 amide bonds. The minimum absolute atomic E-state index is 0.0459. The third kappa shape index (κ3) is 3.79. The Bertz CT molecular complexity index is 877. The SMILES string of the molecule is COC(=O)C1=C(C(=O)OC)N(c2ccc(-c3noc(CCl)n3)cc2)COC1. The van der Waals surface area contributed by atoms with E-state index >= 15 is 0 Å². The summed E-state index contributed by atoms with van der Waals surface area (Å²) in [6.45, 7) is 0.0264. The molecule has 9 nitrogen and oxygen atoms in total. The summed E-state index contributed by atoms with van der Waals surface area (Å²) in [5.41, 5.74) is 1.48. The molecule has 1 aliphatic rings. The Kier molecular flexibility index (Phi) is 5.72. The smallest absolute Gasteiger partial charge is 0.355 e. The standard InChI is InChI=1S/C17H16ClN3O6/c1-24-16(22)12-8-26-9-21(14(12)17(23)25-2)11-5-3-10(4-6-11)15-19-13(7-18)27-20-15/h3-6H,7-9H2,1-2H3. The number of alkyl halides is 1. The molecule has 1 aliphatic heterocycles. The molecule has 142 valence electrons. The molecule has 0 saturated heterocycles. The Labute approximate surface area is 159 Å². The number of hydrogen-bond acceptors (Lipinski definition) is 9. The van der Waals surface area contributed by atoms with E-state index in [0.29, 0.717) is 23.0 Å². The largest absolute Gasteiger partial charge is 0.466 e. The lowest BCUT2D eigenvalue weighted by Crippen LogP contribution is -2.38. The third-order valence-electron chi connectivity index (χ3n) is 3.85. The van der Waals surface area contributed by atoms with Gasteiger partial charge >= 0.3 is 11.9 Å². The van der Waals surface area contributed by atoms with Gasteiger partial charge in [0.2, 0.25) is 11.7 Å². The van der Waals surface area contributed by atoms with Crippen LogP contribution in [0.15, 0.2) is 40.1 Å². The topological polar surface area (TPSA) is 104 Å². The summed E-state index contributed by atoms with van der Waals surface area (Å²) in [5, 5.41) is 3.85. The number of aromatic nitrogens is 2. The van der Waals surface area contributed by atoms with Crippen LogP contribution in [-0.4, -0.2) is 49.6 Å². The lowest BCUT2D eigenvalue weighted by Gasteiger charge is -2.31. The fraction of sp³-hybridized carbons (Fsp3) is 0.294. The average molecular weight is 394 g/mol. The van der Waals surface area contributed by atoms with Gasteiger partial charge in [0.15, 0.2) is 0 Å². The van der Waals surface area contributed by atoms with Crippen LogP contribution in [0.5, 0.6) is 0 Å². The Morgan fingerprint density at radius 3 is 2.48 bits per heavy atom. The van der Waals surface area contributed by atoms with Gasteiger partial charge in [0, 0.05) is 11.3 Å². The zero-order chi connectivity index (χ0) is 19.4. The van der Waals surface area contributed by atoms with Crippen LogP contribution in [0.25, 0.3) is 11.4 Å². The van der Waals surface area contributed by atoms with E-state index in [-0.39, 0.29) is 30.5 Å². The van der Waals surface area contributed by atoms with Gasteiger partial charge in [-0.05, 0) is 24.3 Å². The second-order valence-electron chi connectivity index (χ2n) is 5.41. The number of carbonyl (C=O) groups is 2. The normalized spacial score (nSPS) is 14.3. The highest BCUT2D eigenvalue weighted by atomic mass is 35.5. The van der Waals surface area contributed by atoms with Crippen LogP contribution < -0.4 is 4.90 Å². The summed E-state index contributed by atoms with van der Waals surface area (Å²) < 4.78 is 20.0. The van der Waals surface area contributed by atoms with Crippen molar-refractivity contribution < 1.29 is 28.3 Å². The fourth-order valence-electron chi connectivity index (χ4n) is 2.56. The van der Waals surface area contributed by atoms with Crippen molar-refractivity contribution in [3.8, 4) is 11.4 Å². The number of methoxy groups -OCH3 is 2. The highest BCUT2D eigenvalue weighted by molar-refractivity contribution is 6.16. The van der Waals surface area contributed by atoms with Crippen molar-refractivity contribution in [3.05, 3.63) is 41.4 Å². The molecule has 10 heteroatoms. The first kappa shape index (κ1) is 18.9. The van der Waals surface area contributed by atoms with Crippen LogP contribution in [-0.2, 0) is 29.7 Å². The Morgan fingerprint density at radius 1 is 1.19 bits per heavy atom. The van der Waals surface area contributed by atoms with Gasteiger partial charge in [-0.1, -0.05) is 5.16 Å². The molecule has 0 N–H and O–H groups in total. The van der Waals surface area contributed by atoms with Gasteiger partial charge in [-0.2, -0.15) is 4.98 Å². The van der Waals surface area contributed by atoms with Crippen LogP contribution >= 0.6 is 11.6 Å². The predicted octanol–water partition coefficient (Wildman–Crippen LogP) is 1.87. The highest BCUT2D eigenvalue weighted by Crippen LogP contribution is 2.28. The number of ether oxygens (including phenoxy) is 3. The molecule has 0 atom stereocenters. The minimum atomic E-state index is -0.660. The number of hydrogen-bond donors (Lipinski definition) is 0. The van der Waals surface area contributed by atoms with E-state index in [1.165, 1.54) is 19.1 Å². The second kappa shape index (κ2) is 8.19. The first-order chi connectivity index (χ1) is 13.1. The molecule has 1 aromatic carbocycles. The van der Waals surface area contributed by atoms with Crippen molar-refractivity contribution in [1.82, 2.24) is 10.1 Å². The number of nitrogens with zero attached hydrogens (tertiary/aromatic N) is 3. The zero-order valence-electron chi connectivity index (χ0n) is 14.6. The van der Waals surface area contributed by atoms with Crippen LogP contribution in [0.1, 0.15) is 5.89 Å². The molecule has 2 aromatic rings. The second-order valence-corrected chi connectivity index (χ2v) is 5.68. The Hall–Kier alpha value is -2.91. The van der Waals surface area contributed by atoms with E-state index < -0.39 is 11.9 Å². The first-order valence-corrected chi connectivity index (χ1v) is 8.36. The van der Waals surface area contributed by atoms with Gasteiger partial charge in [-0.3, -0.25) is 0 Å². The number of benzene rings is 1. The van der Waals surface area contributed by atoms with Crippen molar-refractivity contribution in [1.29, 1.82) is 0 Å². The van der Waals surface area contributed by atoms with Gasteiger partial charge in [0.1, 0.15) is 18.3 Å². The molecule has 0 spiro atoms. The summed E-state index contributed by atoms with van der Waals surface area (Å²) >= 11 is 5.66. The van der Waals surface area contributed by atoms with Gasteiger partial charge in [-0.15, -0.1) is 11.6 Å². The average Bonchev–Trinajstić information content (AvgIpc) is 3.21. The number of esters is 2. The summed E-state index contributed by atoms with van der Waals surface area (Å²) in [6, 6.07) is 6.97. The third-order valence-corrected chi connectivity index (χ3v) is 4.08. The summed E-state index contributed by atoms with van der Waals surface area (Å²) in [4.78, 5) is 30.0. The van der Waals surface area contributed by atoms with E-state index in [2.05, 4.69) is 10.1 Å². The number of anilines is 1. The van der Waals surface area contributed by atoms with Gasteiger partial charge < -0.3 is 23.6 Å². The first-order valence-electron chi connectivity index (χ1n) is 7.83. The van der Waals surface area contributed by atoms with E-state index in [4.69, 9.17) is 30.3 Å². The van der Waals surface area contributed by atoms with E-state index in [1.807, 2.05) is 0 Å². The summed E-state index contributed by atoms with van der Waals surface area (Å²) in [7, 11) is 2.48. The van der Waals surface area contributed by atoms with Gasteiger partial charge in [0.05, 0.1) is 26.4 Å². The van der Waals surface area contributed by atoms with Crippen LogP contribution in [0, 0.1) is 0 Å². The molecular formula is C17H16ClN3O6. The molecule has 0 saturated carbocycles. The summed E-state index contributed by atoms with van der Waals surface area (Å²) in [5.74, 6) is -0.477. The number of rotatable bonds is 5. The van der Waals surface area contributed by atoms with Gasteiger partial charge in [-0.25, -0.2) is 9.59 Å². The molecule has 0 radical (unpaired) electrons. The van der Waals surface area contributed by atoms with Crippen molar-refractivity contribution in [2.45, 2.75) is 5.88 Å². The Morgan fingerprint density at radius 2 is 1.89 bits per heavy atom. The van der Waals surface area contributed by atoms with Crippen molar-refractivity contribution in [3.63, 3.8) is 0 Å². The Balaban J connectivity index is 1.95. The fourth-order valence-corrected chi connectivity index (χ4v) is 2.67. The number of halogens is 1. The lowest BCUT2D eigenvalue weighted by atomic mass is 10.1. The predicted molar refractivity (Wildman–Crippen MR) is 93.6 cm³/mol. The maximum atomic E-state index is 12.3. The minimum Gasteiger partial charge on any atom is -0.466 e. The molecule has 0 aliphatic carbocycles. The van der Waals surface area contributed by atoms with Gasteiger partial charge in [0.25, 0.3) is 0 Å². The van der Waals surface area contributed by atoms with Crippen LogP contribution in [0.2, 0.25) is 0 Å². The maximum Gasteiger partial charge on any atom is 0.355 e. The molecule has 1 aromatic heterocycles. The molecule has 3 rings (SSSR count). The lowest BCUT2D eigenvalue weighted by molar-refractivity contribution is -0.140. The molecular weight excluding hydrogens is 378 g/mol. The maximum absolute atomic E-state index is 12.3. The van der Waals surface area contributed by atoms with Crippen molar-refractivity contribution in [2.24, 2.45) is 0 Å². The zero-order valence-corrected chi connectivity index (χ0v) is 15.4. The van der Waals surface area contributed by atoms with Crippen LogP contribution in [0.3, 0.4) is 0 Å². The molecule has 0 unspecified atom stereocenters.